The summed E-state index contributed by atoms with van der Waals surface area (Å²) in [4.78, 5) is 30.8. The van der Waals surface area contributed by atoms with Crippen LogP contribution in [-0.4, -0.2) is 36.9 Å². The highest BCUT2D eigenvalue weighted by molar-refractivity contribution is 5.71. The van der Waals surface area contributed by atoms with E-state index in [1.54, 1.807) is 6.92 Å². The maximum atomic E-state index is 11.2. The van der Waals surface area contributed by atoms with Crippen molar-refractivity contribution in [1.29, 1.82) is 0 Å². The highest BCUT2D eigenvalue weighted by atomic mass is 17.2. The van der Waals surface area contributed by atoms with Gasteiger partial charge in [-0.05, 0) is 12.8 Å². The van der Waals surface area contributed by atoms with E-state index in [0.29, 0.717) is 6.42 Å². The van der Waals surface area contributed by atoms with Gasteiger partial charge in [0.25, 0.3) is 0 Å². The first-order valence-electron chi connectivity index (χ1n) is 5.70. The Morgan fingerprint density at radius 3 is 2.41 bits per heavy atom. The molecular formula is C11H20O6. The molecule has 17 heavy (non-hydrogen) atoms. The van der Waals surface area contributed by atoms with Crippen molar-refractivity contribution in [3.05, 3.63) is 0 Å². The Hall–Kier alpha value is -1.14. The lowest BCUT2D eigenvalue weighted by Crippen LogP contribution is -2.17. The largest absolute Gasteiger partial charge is 0.481 e. The van der Waals surface area contributed by atoms with Gasteiger partial charge in [0.05, 0.1) is 12.5 Å². The van der Waals surface area contributed by atoms with Crippen LogP contribution in [-0.2, 0) is 24.1 Å². The van der Waals surface area contributed by atoms with Crippen molar-refractivity contribution in [2.24, 2.45) is 5.92 Å². The zero-order valence-corrected chi connectivity index (χ0v) is 10.3. The van der Waals surface area contributed by atoms with Crippen molar-refractivity contribution in [1.82, 2.24) is 0 Å². The summed E-state index contributed by atoms with van der Waals surface area (Å²) in [5, 5.41) is 8.34. The van der Waals surface area contributed by atoms with Gasteiger partial charge in [0, 0.05) is 6.42 Å². The van der Waals surface area contributed by atoms with Crippen LogP contribution in [0.4, 0.5) is 0 Å². The minimum Gasteiger partial charge on any atom is -0.481 e. The Bertz CT molecular complexity index is 228. The fraction of sp³-hybridized carbons (Fsp3) is 0.818. The minimum atomic E-state index is -0.865. The van der Waals surface area contributed by atoms with Crippen LogP contribution in [0.1, 0.15) is 33.1 Å². The predicted octanol–water partition coefficient (Wildman–Crippen LogP) is 1.39. The average molecular weight is 248 g/mol. The number of ether oxygens (including phenoxy) is 1. The third-order valence-corrected chi connectivity index (χ3v) is 2.13. The third-order valence-electron chi connectivity index (χ3n) is 2.13. The first kappa shape index (κ1) is 15.9. The summed E-state index contributed by atoms with van der Waals surface area (Å²) in [7, 11) is 0. The summed E-state index contributed by atoms with van der Waals surface area (Å²) in [6.07, 6.45) is 1.18. The topological polar surface area (TPSA) is 82.1 Å². The number of carbonyl (C=O) groups excluding carboxylic acids is 1. The number of rotatable bonds is 10. The van der Waals surface area contributed by atoms with E-state index in [4.69, 9.17) is 19.6 Å². The Morgan fingerprint density at radius 2 is 1.82 bits per heavy atom. The second-order valence-corrected chi connectivity index (χ2v) is 3.62. The summed E-state index contributed by atoms with van der Waals surface area (Å²) in [5.41, 5.74) is 0. The van der Waals surface area contributed by atoms with Gasteiger partial charge >= 0.3 is 11.9 Å². The molecule has 1 unspecified atom stereocenters. The highest BCUT2D eigenvalue weighted by Gasteiger charge is 2.11. The Kier molecular flexibility index (Phi) is 9.37. The summed E-state index contributed by atoms with van der Waals surface area (Å²) in [5.74, 6) is -1.22. The van der Waals surface area contributed by atoms with Crippen LogP contribution in [0, 0.1) is 5.92 Å². The van der Waals surface area contributed by atoms with E-state index < -0.39 is 5.97 Å². The SMILES string of the molecule is CCC(C)C(=O)OCCOOCCCC(=O)O. The highest BCUT2D eigenvalue weighted by Crippen LogP contribution is 2.02. The number of hydrogen-bond acceptors (Lipinski definition) is 5. The molecule has 100 valence electrons. The zero-order chi connectivity index (χ0) is 13.1. The smallest absolute Gasteiger partial charge is 0.308 e. The molecule has 0 saturated carbocycles. The molecule has 0 spiro atoms. The molecule has 1 N–H and O–H groups in total. The number of esters is 1. The van der Waals surface area contributed by atoms with E-state index in [-0.39, 0.29) is 38.1 Å². The van der Waals surface area contributed by atoms with Gasteiger partial charge in [0.15, 0.2) is 0 Å². The Balaban J connectivity index is 3.24. The van der Waals surface area contributed by atoms with Crippen LogP contribution in [0.5, 0.6) is 0 Å². The molecule has 6 nitrogen and oxygen atoms in total. The van der Waals surface area contributed by atoms with Crippen LogP contribution in [0.25, 0.3) is 0 Å². The average Bonchev–Trinajstić information content (AvgIpc) is 2.30. The third kappa shape index (κ3) is 9.77. The van der Waals surface area contributed by atoms with E-state index in [9.17, 15) is 9.59 Å². The van der Waals surface area contributed by atoms with Crippen molar-refractivity contribution in [3.8, 4) is 0 Å². The first-order valence-corrected chi connectivity index (χ1v) is 5.70. The standard InChI is InChI=1S/C11H20O6/c1-3-9(2)11(14)15-7-8-17-16-6-4-5-10(12)13/h9H,3-8H2,1-2H3,(H,12,13). The summed E-state index contributed by atoms with van der Waals surface area (Å²) >= 11 is 0. The quantitative estimate of drug-likeness (QED) is 0.272. The lowest BCUT2D eigenvalue weighted by molar-refractivity contribution is -0.298. The lowest BCUT2D eigenvalue weighted by Gasteiger charge is -2.08. The van der Waals surface area contributed by atoms with E-state index in [2.05, 4.69) is 0 Å². The molecule has 1 atom stereocenters. The molecule has 6 heteroatoms. The van der Waals surface area contributed by atoms with Crippen LogP contribution < -0.4 is 0 Å². The van der Waals surface area contributed by atoms with E-state index >= 15 is 0 Å². The van der Waals surface area contributed by atoms with Crippen molar-refractivity contribution in [2.75, 3.05) is 19.8 Å². The van der Waals surface area contributed by atoms with Gasteiger partial charge in [0.1, 0.15) is 13.2 Å². The zero-order valence-electron chi connectivity index (χ0n) is 10.3. The molecule has 0 saturated heterocycles. The van der Waals surface area contributed by atoms with E-state index in [1.807, 2.05) is 6.92 Å². The van der Waals surface area contributed by atoms with E-state index in [0.717, 1.165) is 6.42 Å². The van der Waals surface area contributed by atoms with Gasteiger partial charge in [-0.3, -0.25) is 9.59 Å². The van der Waals surface area contributed by atoms with Crippen molar-refractivity contribution < 1.29 is 29.2 Å². The molecule has 0 amide bonds. The summed E-state index contributed by atoms with van der Waals surface area (Å²) in [6.45, 7) is 4.21. The number of carboxylic acid groups (broad SMARTS) is 1. The molecule has 0 radical (unpaired) electrons. The van der Waals surface area contributed by atoms with Crippen LogP contribution in [0.15, 0.2) is 0 Å². The van der Waals surface area contributed by atoms with Gasteiger partial charge in [-0.2, -0.15) is 0 Å². The predicted molar refractivity (Wildman–Crippen MR) is 59.2 cm³/mol. The maximum absolute atomic E-state index is 11.2. The first-order chi connectivity index (χ1) is 8.07. The van der Waals surface area contributed by atoms with Crippen LogP contribution in [0.2, 0.25) is 0 Å². The van der Waals surface area contributed by atoms with Crippen LogP contribution >= 0.6 is 0 Å². The summed E-state index contributed by atoms with van der Waals surface area (Å²) in [6, 6.07) is 0. The van der Waals surface area contributed by atoms with E-state index in [1.165, 1.54) is 0 Å². The molecule has 0 rings (SSSR count). The molecule has 0 fully saturated rings. The Labute approximate surface area is 101 Å². The maximum Gasteiger partial charge on any atom is 0.308 e. The van der Waals surface area contributed by atoms with Gasteiger partial charge in [-0.25, -0.2) is 9.78 Å². The van der Waals surface area contributed by atoms with Gasteiger partial charge in [-0.1, -0.05) is 13.8 Å². The van der Waals surface area contributed by atoms with Gasteiger partial charge < -0.3 is 9.84 Å². The molecule has 0 aliphatic carbocycles. The molecule has 0 aliphatic heterocycles. The Morgan fingerprint density at radius 1 is 1.18 bits per heavy atom. The molecular weight excluding hydrogens is 228 g/mol. The van der Waals surface area contributed by atoms with Crippen molar-refractivity contribution in [3.63, 3.8) is 0 Å². The number of carboxylic acids is 1. The number of aliphatic carboxylic acids is 1. The van der Waals surface area contributed by atoms with Crippen molar-refractivity contribution >= 4 is 11.9 Å². The van der Waals surface area contributed by atoms with Gasteiger partial charge in [0.2, 0.25) is 0 Å². The molecule has 0 bridgehead atoms. The fourth-order valence-corrected chi connectivity index (χ4v) is 0.885. The van der Waals surface area contributed by atoms with Gasteiger partial charge in [-0.15, -0.1) is 0 Å². The second kappa shape index (κ2) is 10.0. The molecule has 0 aromatic rings. The lowest BCUT2D eigenvalue weighted by atomic mass is 10.1. The minimum absolute atomic E-state index is 0.0480. The molecule has 0 heterocycles. The summed E-state index contributed by atoms with van der Waals surface area (Å²) < 4.78 is 4.90. The molecule has 0 aromatic heterocycles. The fourth-order valence-electron chi connectivity index (χ4n) is 0.885. The molecule has 0 aromatic carbocycles. The normalized spacial score (nSPS) is 12.1. The number of carbonyl (C=O) groups is 2. The second-order valence-electron chi connectivity index (χ2n) is 3.62. The van der Waals surface area contributed by atoms with Crippen LogP contribution in [0.3, 0.4) is 0 Å². The molecule has 0 aliphatic rings. The van der Waals surface area contributed by atoms with Crippen molar-refractivity contribution in [2.45, 2.75) is 33.1 Å². The monoisotopic (exact) mass is 248 g/mol. The number of hydrogen-bond donors (Lipinski definition) is 1.